The number of ether oxygens (including phenoxy) is 3. The molecule has 128 valence electrons. The van der Waals surface area contributed by atoms with E-state index in [2.05, 4.69) is 9.46 Å². The first-order valence-electron chi connectivity index (χ1n) is 6.84. The summed E-state index contributed by atoms with van der Waals surface area (Å²) in [5.74, 6) is 0.257. The maximum atomic E-state index is 12.5. The van der Waals surface area contributed by atoms with E-state index in [0.29, 0.717) is 17.2 Å². The molecule has 24 heavy (non-hydrogen) atoms. The molecule has 0 aromatic heterocycles. The number of nitrogens with one attached hydrogen (secondary N) is 1. The highest BCUT2D eigenvalue weighted by Gasteiger charge is 2.17. The molecule has 2 aromatic rings. The molecule has 0 atom stereocenters. The first kappa shape index (κ1) is 17.6. The van der Waals surface area contributed by atoms with Crippen molar-refractivity contribution in [3.05, 3.63) is 48.0 Å². The molecule has 0 amide bonds. The van der Waals surface area contributed by atoms with Crippen molar-refractivity contribution < 1.29 is 27.4 Å². The molecule has 1 N–H and O–H groups in total. The zero-order valence-electron chi connectivity index (χ0n) is 13.4. The Balaban J connectivity index is 2.33. The predicted molar refractivity (Wildman–Crippen MR) is 88.1 cm³/mol. The van der Waals surface area contributed by atoms with Crippen molar-refractivity contribution in [2.75, 3.05) is 26.1 Å². The molecule has 0 radical (unpaired) electrons. The fourth-order valence-corrected chi connectivity index (χ4v) is 3.12. The Labute approximate surface area is 140 Å². The summed E-state index contributed by atoms with van der Waals surface area (Å²) in [4.78, 5) is 11.5. The topological polar surface area (TPSA) is 90.9 Å². The zero-order valence-corrected chi connectivity index (χ0v) is 14.2. The molecule has 0 heterocycles. The van der Waals surface area contributed by atoms with Crippen LogP contribution in [0.3, 0.4) is 0 Å². The average Bonchev–Trinajstić information content (AvgIpc) is 2.60. The average molecular weight is 351 g/mol. The van der Waals surface area contributed by atoms with Crippen molar-refractivity contribution in [3.8, 4) is 11.5 Å². The van der Waals surface area contributed by atoms with E-state index < -0.39 is 16.0 Å². The molecule has 0 fully saturated rings. The number of hydrogen-bond acceptors (Lipinski definition) is 6. The molecule has 0 saturated heterocycles. The molecule has 0 saturated carbocycles. The van der Waals surface area contributed by atoms with Crippen molar-refractivity contribution in [1.82, 2.24) is 0 Å². The fraction of sp³-hybridized carbons (Fsp3) is 0.188. The van der Waals surface area contributed by atoms with Gasteiger partial charge in [-0.3, -0.25) is 4.72 Å². The van der Waals surface area contributed by atoms with Gasteiger partial charge in [0.25, 0.3) is 10.0 Å². The smallest absolute Gasteiger partial charge is 0.337 e. The maximum absolute atomic E-state index is 12.5. The second-order valence-corrected chi connectivity index (χ2v) is 6.38. The van der Waals surface area contributed by atoms with Crippen LogP contribution in [0.4, 0.5) is 5.69 Å². The molecule has 0 bridgehead atoms. The summed E-state index contributed by atoms with van der Waals surface area (Å²) in [5.41, 5.74) is 0.448. The van der Waals surface area contributed by atoms with Crippen LogP contribution in [0, 0.1) is 0 Å². The van der Waals surface area contributed by atoms with Crippen LogP contribution in [0.5, 0.6) is 11.5 Å². The van der Waals surface area contributed by atoms with E-state index in [-0.39, 0.29) is 10.5 Å². The molecule has 0 unspecified atom stereocenters. The first-order chi connectivity index (χ1) is 11.4. The number of benzene rings is 2. The largest absolute Gasteiger partial charge is 0.493 e. The molecule has 2 rings (SSSR count). The summed E-state index contributed by atoms with van der Waals surface area (Å²) in [6, 6.07) is 10.2. The molecular formula is C16H17NO6S. The minimum absolute atomic E-state index is 0.0554. The summed E-state index contributed by atoms with van der Waals surface area (Å²) in [5, 5.41) is 0. The van der Waals surface area contributed by atoms with Crippen LogP contribution in [-0.2, 0) is 14.8 Å². The Morgan fingerprint density at radius 1 is 0.958 bits per heavy atom. The Kier molecular flexibility index (Phi) is 5.30. The third-order valence-corrected chi connectivity index (χ3v) is 4.58. The standard InChI is InChI=1S/C16H17NO6S/c1-21-14-8-7-12(10-15(14)22-2)17-24(19,20)13-6-4-5-11(9-13)16(18)23-3/h4-10,17H,1-3H3. The van der Waals surface area contributed by atoms with Gasteiger partial charge in [0.15, 0.2) is 11.5 Å². The van der Waals surface area contributed by atoms with Crippen LogP contribution in [0.1, 0.15) is 10.4 Å². The van der Waals surface area contributed by atoms with Crippen molar-refractivity contribution >= 4 is 21.7 Å². The second kappa shape index (κ2) is 7.22. The minimum atomic E-state index is -3.88. The number of esters is 1. The quantitative estimate of drug-likeness (QED) is 0.803. The summed E-state index contributed by atoms with van der Waals surface area (Å²) >= 11 is 0. The van der Waals surface area contributed by atoms with Gasteiger partial charge in [-0.15, -0.1) is 0 Å². The molecule has 0 aliphatic rings. The highest BCUT2D eigenvalue weighted by atomic mass is 32.2. The first-order valence-corrected chi connectivity index (χ1v) is 8.33. The monoisotopic (exact) mass is 351 g/mol. The number of carbonyl (C=O) groups is 1. The van der Waals surface area contributed by atoms with E-state index in [0.717, 1.165) is 0 Å². The van der Waals surface area contributed by atoms with Gasteiger partial charge in [0.2, 0.25) is 0 Å². The number of anilines is 1. The molecule has 7 nitrogen and oxygen atoms in total. The van der Waals surface area contributed by atoms with Gasteiger partial charge < -0.3 is 14.2 Å². The SMILES string of the molecule is COC(=O)c1cccc(S(=O)(=O)Nc2ccc(OC)c(OC)c2)c1. The summed E-state index contributed by atoms with van der Waals surface area (Å²) in [6.07, 6.45) is 0. The van der Waals surface area contributed by atoms with Gasteiger partial charge in [0.1, 0.15) is 0 Å². The van der Waals surface area contributed by atoms with Gasteiger partial charge in [0.05, 0.1) is 37.5 Å². The molecule has 0 spiro atoms. The number of carbonyl (C=O) groups excluding carboxylic acids is 1. The van der Waals surface area contributed by atoms with Crippen LogP contribution in [0.15, 0.2) is 47.4 Å². The maximum Gasteiger partial charge on any atom is 0.337 e. The number of hydrogen-bond donors (Lipinski definition) is 1. The second-order valence-electron chi connectivity index (χ2n) is 4.69. The number of sulfonamides is 1. The van der Waals surface area contributed by atoms with E-state index in [1.165, 1.54) is 51.7 Å². The summed E-state index contributed by atoms with van der Waals surface area (Å²) in [7, 11) is 0.292. The lowest BCUT2D eigenvalue weighted by Gasteiger charge is -2.12. The Morgan fingerprint density at radius 2 is 1.67 bits per heavy atom. The van der Waals surface area contributed by atoms with E-state index in [1.807, 2.05) is 0 Å². The molecular weight excluding hydrogens is 334 g/mol. The van der Waals surface area contributed by atoms with E-state index >= 15 is 0 Å². The van der Waals surface area contributed by atoms with Crippen LogP contribution in [0.2, 0.25) is 0 Å². The highest BCUT2D eigenvalue weighted by Crippen LogP contribution is 2.30. The van der Waals surface area contributed by atoms with Gasteiger partial charge in [-0.05, 0) is 30.3 Å². The van der Waals surface area contributed by atoms with Crippen LogP contribution < -0.4 is 14.2 Å². The molecule has 2 aromatic carbocycles. The van der Waals surface area contributed by atoms with Gasteiger partial charge in [-0.2, -0.15) is 0 Å². The third kappa shape index (κ3) is 3.77. The lowest BCUT2D eigenvalue weighted by Crippen LogP contribution is -2.14. The lowest BCUT2D eigenvalue weighted by atomic mass is 10.2. The Hall–Kier alpha value is -2.74. The molecule has 0 aliphatic heterocycles. The van der Waals surface area contributed by atoms with Gasteiger partial charge >= 0.3 is 5.97 Å². The van der Waals surface area contributed by atoms with Crippen LogP contribution in [0.25, 0.3) is 0 Å². The van der Waals surface area contributed by atoms with Gasteiger partial charge in [0, 0.05) is 6.07 Å². The Morgan fingerprint density at radius 3 is 2.29 bits per heavy atom. The van der Waals surface area contributed by atoms with Crippen molar-refractivity contribution in [2.24, 2.45) is 0 Å². The fourth-order valence-electron chi connectivity index (χ4n) is 2.02. The molecule has 8 heteroatoms. The van der Waals surface area contributed by atoms with Crippen LogP contribution >= 0.6 is 0 Å². The summed E-state index contributed by atoms with van der Waals surface area (Å²) < 4.78 is 42.2. The number of rotatable bonds is 6. The lowest BCUT2D eigenvalue weighted by molar-refractivity contribution is 0.0600. The van der Waals surface area contributed by atoms with E-state index in [1.54, 1.807) is 12.1 Å². The van der Waals surface area contributed by atoms with E-state index in [9.17, 15) is 13.2 Å². The molecule has 0 aliphatic carbocycles. The number of methoxy groups -OCH3 is 3. The van der Waals surface area contributed by atoms with Crippen molar-refractivity contribution in [2.45, 2.75) is 4.90 Å². The van der Waals surface area contributed by atoms with Crippen LogP contribution in [-0.4, -0.2) is 35.7 Å². The van der Waals surface area contributed by atoms with E-state index in [4.69, 9.17) is 9.47 Å². The highest BCUT2D eigenvalue weighted by molar-refractivity contribution is 7.92. The normalized spacial score (nSPS) is 10.8. The zero-order chi connectivity index (χ0) is 17.7. The minimum Gasteiger partial charge on any atom is -0.493 e. The summed E-state index contributed by atoms with van der Waals surface area (Å²) in [6.45, 7) is 0. The third-order valence-electron chi connectivity index (χ3n) is 3.20. The van der Waals surface area contributed by atoms with Gasteiger partial charge in [-0.25, -0.2) is 13.2 Å². The van der Waals surface area contributed by atoms with Gasteiger partial charge in [-0.1, -0.05) is 6.07 Å². The van der Waals surface area contributed by atoms with Crippen molar-refractivity contribution in [3.63, 3.8) is 0 Å². The predicted octanol–water partition coefficient (Wildman–Crippen LogP) is 2.29. The Bertz CT molecular complexity index is 847. The van der Waals surface area contributed by atoms with Crippen molar-refractivity contribution in [1.29, 1.82) is 0 Å².